The smallest absolute Gasteiger partial charge is 0.537 e. The summed E-state index contributed by atoms with van der Waals surface area (Å²) in [6.45, 7) is 6.65. The second-order valence-electron chi connectivity index (χ2n) is 1.65. The van der Waals surface area contributed by atoms with Crippen LogP contribution in [-0.2, 0) is 27.2 Å². The number of nitrogens with zero attached hydrogens (tertiary/aromatic N) is 1. The van der Waals surface area contributed by atoms with E-state index < -0.39 is 0 Å². The van der Waals surface area contributed by atoms with Crippen LogP contribution in [0.4, 0.5) is 0 Å². The summed E-state index contributed by atoms with van der Waals surface area (Å²) >= 11 is 0. The van der Waals surface area contributed by atoms with Crippen LogP contribution in [0.1, 0.15) is 27.2 Å². The Balaban J connectivity index is -0.0000000200. The number of hydrogen-bond donors (Lipinski definition) is 2. The Bertz CT molecular complexity index is 45.6. The Morgan fingerprint density at radius 1 is 1.00 bits per heavy atom. The van der Waals surface area contributed by atoms with Crippen molar-refractivity contribution in [1.82, 2.24) is 0 Å². The molecule has 0 aliphatic heterocycles. The maximum absolute atomic E-state index is 7.57. The van der Waals surface area contributed by atoms with Gasteiger partial charge < -0.3 is 35.4 Å². The van der Waals surface area contributed by atoms with E-state index in [0.29, 0.717) is 0 Å². The number of rotatable bonds is 3. The molecule has 0 aromatic carbocycles. The van der Waals surface area contributed by atoms with E-state index in [1.54, 1.807) is 20.9 Å². The third kappa shape index (κ3) is 180. The average molecular weight is 391 g/mol. The minimum Gasteiger partial charge on any atom is -0.537 e. The minimum absolute atomic E-state index is 0. The van der Waals surface area contributed by atoms with Crippen molar-refractivity contribution in [2.24, 2.45) is 0 Å². The first-order chi connectivity index (χ1) is 5.74. The zero-order chi connectivity index (χ0) is 10.2. The molecule has 0 heterocycles. The first-order valence-electron chi connectivity index (χ1n) is 4.17. The Labute approximate surface area is 112 Å². The van der Waals surface area contributed by atoms with E-state index in [0.717, 1.165) is 13.0 Å². The summed E-state index contributed by atoms with van der Waals surface area (Å²) in [5, 5.41) is 15.1. The molecule has 0 rings (SSSR count). The first-order valence-corrected chi connectivity index (χ1v) is 4.17. The third-order valence-corrected chi connectivity index (χ3v) is 0.425. The monoisotopic (exact) mass is 391 g/mol. The molecule has 2 N–H and O–H groups in total. The van der Waals surface area contributed by atoms with Gasteiger partial charge in [-0.15, -0.1) is 7.05 Å². The molecule has 0 aromatic rings. The van der Waals surface area contributed by atoms with Gasteiger partial charge in [0.05, 0.1) is 0 Å². The van der Waals surface area contributed by atoms with Crippen molar-refractivity contribution in [2.75, 3.05) is 26.9 Å². The van der Waals surface area contributed by atoms with Gasteiger partial charge in [0, 0.05) is 19.8 Å². The van der Waals surface area contributed by atoms with Crippen LogP contribution in [0.5, 0.6) is 0 Å². The van der Waals surface area contributed by atoms with E-state index in [1.807, 2.05) is 6.92 Å². The van der Waals surface area contributed by atoms with Crippen LogP contribution < -0.4 is 0 Å². The van der Waals surface area contributed by atoms with Crippen LogP contribution >= 0.6 is 0 Å². The molecule has 0 bridgehead atoms. The summed E-state index contributed by atoms with van der Waals surface area (Å²) < 4.78 is 0. The predicted molar refractivity (Wildman–Crippen MR) is 63.9 cm³/mol. The summed E-state index contributed by atoms with van der Waals surface area (Å²) in [5.74, 6) is 0. The molecule has 0 aliphatic rings. The molecule has 0 aliphatic carbocycles. The van der Waals surface area contributed by atoms with E-state index in [2.05, 4.69) is 10.3 Å². The van der Waals surface area contributed by atoms with E-state index in [4.69, 9.17) is 10.2 Å². The number of aliphatic hydroxyl groups excluding tert-OH is 2. The van der Waals surface area contributed by atoms with Crippen LogP contribution in [0.25, 0.3) is 5.48 Å². The molecule has 0 aromatic heterocycles. The topological polar surface area (TPSA) is 63.8 Å². The Hall–Kier alpha value is 0.580. The van der Waals surface area contributed by atoms with E-state index >= 15 is 0 Å². The maximum Gasteiger partial charge on any atom is 2.00 e. The average Bonchev–Trinajstić information content (AvgIpc) is 2.04. The van der Waals surface area contributed by atoms with E-state index in [9.17, 15) is 0 Å². The summed E-state index contributed by atoms with van der Waals surface area (Å²) in [7, 11) is 1.63. The molecule has 15 heavy (non-hydrogen) atoms. The molecule has 4 nitrogen and oxygen atoms in total. The zero-order valence-electron chi connectivity index (χ0n) is 11.0. The van der Waals surface area contributed by atoms with E-state index in [-0.39, 0.29) is 50.4 Å². The quantitative estimate of drug-likeness (QED) is 0.441. The minimum atomic E-state index is 0. The van der Waals surface area contributed by atoms with Crippen molar-refractivity contribution in [1.29, 1.82) is 0 Å². The fourth-order valence-electron chi connectivity index (χ4n) is 0.183. The Morgan fingerprint density at radius 2 is 1.27 bits per heavy atom. The Kier molecular flexibility index (Phi) is 149. The SMILES string of the molecule is CCCO[N-]C.CCO.CCO.[CH3-].[CH3-].[Ta+2]. The number of hydroxylamine groups is 1. The zero-order valence-corrected chi connectivity index (χ0v) is 14.2. The van der Waals surface area contributed by atoms with Crippen LogP contribution in [0.15, 0.2) is 0 Å². The molecular formula is C10H28NO3Ta-. The van der Waals surface area contributed by atoms with Gasteiger partial charge in [-0.25, -0.2) is 0 Å². The van der Waals surface area contributed by atoms with Gasteiger partial charge in [-0.05, 0) is 20.3 Å². The second-order valence-corrected chi connectivity index (χ2v) is 1.65. The summed E-state index contributed by atoms with van der Waals surface area (Å²) in [5.41, 5.74) is 3.43. The van der Waals surface area contributed by atoms with Gasteiger partial charge >= 0.3 is 22.4 Å². The van der Waals surface area contributed by atoms with Crippen molar-refractivity contribution >= 4 is 0 Å². The maximum atomic E-state index is 7.57. The van der Waals surface area contributed by atoms with Crippen LogP contribution in [0.3, 0.4) is 0 Å². The number of hydrogen-bond acceptors (Lipinski definition) is 3. The van der Waals surface area contributed by atoms with E-state index in [1.165, 1.54) is 0 Å². The summed E-state index contributed by atoms with van der Waals surface area (Å²) in [6.07, 6.45) is 1.04. The molecule has 5 heteroatoms. The van der Waals surface area contributed by atoms with Crippen molar-refractivity contribution < 1.29 is 37.4 Å². The fraction of sp³-hybridized carbons (Fsp3) is 0.800. The molecule has 0 saturated carbocycles. The van der Waals surface area contributed by atoms with Crippen molar-refractivity contribution in [3.8, 4) is 0 Å². The van der Waals surface area contributed by atoms with Gasteiger partial charge in [-0.1, -0.05) is 6.92 Å². The summed E-state index contributed by atoms with van der Waals surface area (Å²) in [6, 6.07) is 0. The summed E-state index contributed by atoms with van der Waals surface area (Å²) in [4.78, 5) is 4.61. The molecule has 97 valence electrons. The van der Waals surface area contributed by atoms with Gasteiger partial charge in [-0.2, -0.15) is 0 Å². The van der Waals surface area contributed by atoms with Crippen molar-refractivity contribution in [3.63, 3.8) is 0 Å². The molecular weight excluding hydrogens is 363 g/mol. The molecule has 0 saturated heterocycles. The standard InChI is InChI=1S/C4H10NO.2C2H6O.2CH3.Ta/c1-3-4-6-5-2;2*1-2-3;;;/h3-4H2,1-2H3;2*3H,2H2,1H3;2*1H3;/q-1;;;2*-1;+2. The molecule has 1 radical (unpaired) electrons. The largest absolute Gasteiger partial charge is 2.00 e. The Morgan fingerprint density at radius 3 is 1.33 bits per heavy atom. The second kappa shape index (κ2) is 62.1. The van der Waals surface area contributed by atoms with Crippen molar-refractivity contribution in [3.05, 3.63) is 20.3 Å². The third-order valence-electron chi connectivity index (χ3n) is 0.425. The first kappa shape index (κ1) is 36.1. The van der Waals surface area contributed by atoms with Crippen LogP contribution in [0.2, 0.25) is 0 Å². The molecule has 0 atom stereocenters. The van der Waals surface area contributed by atoms with Crippen molar-refractivity contribution in [2.45, 2.75) is 27.2 Å². The van der Waals surface area contributed by atoms with Gasteiger partial charge in [0.15, 0.2) is 0 Å². The number of aliphatic hydroxyl groups is 2. The van der Waals surface area contributed by atoms with Crippen LogP contribution in [-0.4, -0.2) is 37.1 Å². The fourth-order valence-corrected chi connectivity index (χ4v) is 0.183. The predicted octanol–water partition coefficient (Wildman–Crippen LogP) is 2.23. The molecule has 0 amide bonds. The normalized spacial score (nSPS) is 6.00. The molecule has 0 unspecified atom stereocenters. The van der Waals surface area contributed by atoms with Gasteiger partial charge in [0.2, 0.25) is 0 Å². The van der Waals surface area contributed by atoms with Crippen LogP contribution in [0, 0.1) is 14.9 Å². The van der Waals surface area contributed by atoms with Gasteiger partial charge in [-0.3, -0.25) is 0 Å². The molecule has 0 spiro atoms. The van der Waals surface area contributed by atoms with Gasteiger partial charge in [0.1, 0.15) is 0 Å². The van der Waals surface area contributed by atoms with Gasteiger partial charge in [0.25, 0.3) is 0 Å². The molecule has 0 fully saturated rings.